The summed E-state index contributed by atoms with van der Waals surface area (Å²) in [4.78, 5) is 9.25. The molecule has 1 N–H and O–H groups in total. The number of nitrogens with zero attached hydrogens (tertiary/aromatic N) is 3. The zero-order valence-electron chi connectivity index (χ0n) is 16.5. The maximum absolute atomic E-state index is 6.45. The van der Waals surface area contributed by atoms with E-state index in [4.69, 9.17) is 28.2 Å². The third-order valence-electron chi connectivity index (χ3n) is 4.18. The summed E-state index contributed by atoms with van der Waals surface area (Å²) >= 11 is 12.4. The molecule has 1 aromatic carbocycles. The summed E-state index contributed by atoms with van der Waals surface area (Å²) in [6, 6.07) is 9.31. The Bertz CT molecular complexity index is 886. The van der Waals surface area contributed by atoms with Crippen molar-refractivity contribution in [1.29, 1.82) is 0 Å². The molecule has 6 heteroatoms. The number of hydrogen-bond donors (Lipinski definition) is 1. The van der Waals surface area contributed by atoms with Crippen molar-refractivity contribution < 1.29 is 0 Å². The van der Waals surface area contributed by atoms with Crippen molar-refractivity contribution >= 4 is 34.7 Å². The maximum Gasteiger partial charge on any atom is 0.149 e. The first-order chi connectivity index (χ1) is 13.0. The van der Waals surface area contributed by atoms with Crippen molar-refractivity contribution in [3.05, 3.63) is 58.0 Å². The van der Waals surface area contributed by atoms with Crippen LogP contribution in [0.2, 0.25) is 10.0 Å². The van der Waals surface area contributed by atoms with Gasteiger partial charge in [0, 0.05) is 34.7 Å². The molecule has 27 heavy (non-hydrogen) atoms. The highest BCUT2D eigenvalue weighted by Crippen LogP contribution is 2.29. The van der Waals surface area contributed by atoms with Crippen molar-refractivity contribution in [2.75, 3.05) is 5.32 Å². The van der Waals surface area contributed by atoms with Crippen LogP contribution in [0.15, 0.2) is 36.5 Å². The first kappa shape index (κ1) is 21.3. The standard InChI is InChI=1S/C19H20Cl2N4.C2H6/c1-4-17-12(3)25(5-2)19(24-17)13-10-16(21)18(22-11-13)23-15-8-6-14(20)7-9-15;1-2/h6-11H,4-5H2,1-3H3,(H,22,23);1-2H3. The highest BCUT2D eigenvalue weighted by Gasteiger charge is 2.15. The first-order valence-corrected chi connectivity index (χ1v) is 10.0. The van der Waals surface area contributed by atoms with Gasteiger partial charge in [-0.2, -0.15) is 0 Å². The number of aryl methyl sites for hydroxylation is 1. The molecule has 0 saturated heterocycles. The fourth-order valence-corrected chi connectivity index (χ4v) is 3.19. The van der Waals surface area contributed by atoms with Crippen molar-refractivity contribution in [3.63, 3.8) is 0 Å². The monoisotopic (exact) mass is 404 g/mol. The van der Waals surface area contributed by atoms with E-state index in [-0.39, 0.29) is 0 Å². The second-order valence-electron chi connectivity index (χ2n) is 5.75. The number of rotatable bonds is 5. The van der Waals surface area contributed by atoms with Gasteiger partial charge in [0.25, 0.3) is 0 Å². The first-order valence-electron chi connectivity index (χ1n) is 9.28. The number of nitrogens with one attached hydrogen (secondary N) is 1. The molecule has 0 fully saturated rings. The number of imidazole rings is 1. The molecule has 0 aliphatic rings. The maximum atomic E-state index is 6.45. The van der Waals surface area contributed by atoms with Crippen LogP contribution >= 0.6 is 23.2 Å². The number of halogens is 2. The molecule has 0 spiro atoms. The van der Waals surface area contributed by atoms with Gasteiger partial charge in [0.2, 0.25) is 0 Å². The normalized spacial score (nSPS) is 10.3. The summed E-state index contributed by atoms with van der Waals surface area (Å²) in [6.07, 6.45) is 2.71. The molecule has 4 nitrogen and oxygen atoms in total. The van der Waals surface area contributed by atoms with Crippen LogP contribution in [-0.2, 0) is 13.0 Å². The third-order valence-corrected chi connectivity index (χ3v) is 4.72. The molecule has 0 saturated carbocycles. The van der Waals surface area contributed by atoms with Gasteiger partial charge in [0.15, 0.2) is 0 Å². The molecule has 3 rings (SSSR count). The number of benzene rings is 1. The summed E-state index contributed by atoms with van der Waals surface area (Å²) in [6.45, 7) is 11.2. The van der Waals surface area contributed by atoms with Gasteiger partial charge in [-0.25, -0.2) is 9.97 Å². The lowest BCUT2D eigenvalue weighted by atomic mass is 10.2. The fourth-order valence-electron chi connectivity index (χ4n) is 2.85. The van der Waals surface area contributed by atoms with E-state index in [1.807, 2.05) is 44.2 Å². The van der Waals surface area contributed by atoms with Crippen molar-refractivity contribution in [3.8, 4) is 11.4 Å². The predicted octanol–water partition coefficient (Wildman–Crippen LogP) is 6.91. The van der Waals surface area contributed by atoms with Crippen molar-refractivity contribution in [1.82, 2.24) is 14.5 Å². The fraction of sp³-hybridized carbons (Fsp3) is 0.333. The van der Waals surface area contributed by atoms with E-state index in [9.17, 15) is 0 Å². The van der Waals surface area contributed by atoms with Crippen LogP contribution in [0.3, 0.4) is 0 Å². The minimum atomic E-state index is 0.550. The van der Waals surface area contributed by atoms with Crippen LogP contribution in [0.25, 0.3) is 11.4 Å². The zero-order chi connectivity index (χ0) is 20.0. The summed E-state index contributed by atoms with van der Waals surface area (Å²) in [7, 11) is 0. The SMILES string of the molecule is CC.CCc1nc(-c2cnc(Nc3ccc(Cl)cc3)c(Cl)c2)n(CC)c1C. The molecular formula is C21H26Cl2N4. The van der Waals surface area contributed by atoms with E-state index in [1.54, 1.807) is 6.20 Å². The van der Waals surface area contributed by atoms with E-state index < -0.39 is 0 Å². The van der Waals surface area contributed by atoms with Crippen LogP contribution in [0.1, 0.15) is 39.1 Å². The highest BCUT2D eigenvalue weighted by atomic mass is 35.5. The van der Waals surface area contributed by atoms with Crippen LogP contribution < -0.4 is 5.32 Å². The molecule has 0 radical (unpaired) electrons. The number of aromatic nitrogens is 3. The number of hydrogen-bond acceptors (Lipinski definition) is 3. The van der Waals surface area contributed by atoms with Gasteiger partial charge in [-0.05, 0) is 50.6 Å². The van der Waals surface area contributed by atoms with Crippen LogP contribution in [0.4, 0.5) is 11.5 Å². The zero-order valence-corrected chi connectivity index (χ0v) is 18.0. The van der Waals surface area contributed by atoms with Crippen LogP contribution in [0, 0.1) is 6.92 Å². The average molecular weight is 405 g/mol. The van der Waals surface area contributed by atoms with Gasteiger partial charge in [0.05, 0.1) is 10.7 Å². The Morgan fingerprint density at radius 3 is 2.30 bits per heavy atom. The third kappa shape index (κ3) is 4.82. The van der Waals surface area contributed by atoms with Gasteiger partial charge in [-0.3, -0.25) is 0 Å². The lowest BCUT2D eigenvalue weighted by Crippen LogP contribution is -2.01. The van der Waals surface area contributed by atoms with E-state index in [0.29, 0.717) is 15.9 Å². The highest BCUT2D eigenvalue weighted by molar-refractivity contribution is 6.33. The summed E-state index contributed by atoms with van der Waals surface area (Å²) in [5, 5.41) is 4.44. The van der Waals surface area contributed by atoms with Crippen LogP contribution in [0.5, 0.6) is 0 Å². The Hall–Kier alpha value is -2.04. The molecule has 3 aromatic rings. The summed E-state index contributed by atoms with van der Waals surface area (Å²) in [5.74, 6) is 1.51. The second-order valence-corrected chi connectivity index (χ2v) is 6.60. The Morgan fingerprint density at radius 1 is 1.07 bits per heavy atom. The lowest BCUT2D eigenvalue weighted by molar-refractivity contribution is 0.742. The second kappa shape index (κ2) is 9.77. The molecule has 0 aliphatic heterocycles. The summed E-state index contributed by atoms with van der Waals surface area (Å²) < 4.78 is 2.19. The van der Waals surface area contributed by atoms with E-state index in [1.165, 1.54) is 5.69 Å². The smallest absolute Gasteiger partial charge is 0.149 e. The van der Waals surface area contributed by atoms with Crippen molar-refractivity contribution in [2.45, 2.75) is 47.6 Å². The molecule has 0 amide bonds. The van der Waals surface area contributed by atoms with E-state index in [2.05, 4.69) is 35.6 Å². The molecule has 0 atom stereocenters. The number of pyridine rings is 1. The quantitative estimate of drug-likeness (QED) is 0.501. The Morgan fingerprint density at radius 2 is 1.74 bits per heavy atom. The largest absolute Gasteiger partial charge is 0.339 e. The topological polar surface area (TPSA) is 42.7 Å². The minimum absolute atomic E-state index is 0.550. The molecule has 2 heterocycles. The van der Waals surface area contributed by atoms with E-state index >= 15 is 0 Å². The predicted molar refractivity (Wildman–Crippen MR) is 116 cm³/mol. The van der Waals surface area contributed by atoms with Gasteiger partial charge in [-0.1, -0.05) is 44.0 Å². The van der Waals surface area contributed by atoms with Gasteiger partial charge in [-0.15, -0.1) is 0 Å². The van der Waals surface area contributed by atoms with E-state index in [0.717, 1.165) is 35.7 Å². The molecule has 144 valence electrons. The minimum Gasteiger partial charge on any atom is -0.339 e. The Balaban J connectivity index is 0.00000126. The molecule has 0 unspecified atom stereocenters. The summed E-state index contributed by atoms with van der Waals surface area (Å²) in [5.41, 5.74) is 4.10. The average Bonchev–Trinajstić information content (AvgIpc) is 3.02. The van der Waals surface area contributed by atoms with Gasteiger partial charge < -0.3 is 9.88 Å². The van der Waals surface area contributed by atoms with Gasteiger partial charge >= 0.3 is 0 Å². The molecule has 2 aromatic heterocycles. The Labute approximate surface area is 171 Å². The van der Waals surface area contributed by atoms with Crippen LogP contribution in [-0.4, -0.2) is 14.5 Å². The lowest BCUT2D eigenvalue weighted by Gasteiger charge is -2.10. The Kier molecular flexibility index (Phi) is 7.69. The molecular weight excluding hydrogens is 379 g/mol. The molecule has 0 bridgehead atoms. The van der Waals surface area contributed by atoms with Gasteiger partial charge in [0.1, 0.15) is 11.6 Å². The molecule has 0 aliphatic carbocycles. The van der Waals surface area contributed by atoms with Crippen molar-refractivity contribution in [2.24, 2.45) is 0 Å². The number of anilines is 2.